The van der Waals surface area contributed by atoms with Gasteiger partial charge in [0.05, 0.1) is 11.0 Å². The van der Waals surface area contributed by atoms with Gasteiger partial charge < -0.3 is 18.8 Å². The van der Waals surface area contributed by atoms with Crippen molar-refractivity contribution in [3.63, 3.8) is 0 Å². The Kier molecular flexibility index (Phi) is 9.21. The van der Waals surface area contributed by atoms with Gasteiger partial charge in [0.1, 0.15) is 11.2 Å². The average molecular weight is 910 g/mol. The van der Waals surface area contributed by atoms with Crippen LogP contribution >= 0.6 is 0 Å². The summed E-state index contributed by atoms with van der Waals surface area (Å²) in [5.41, 5.74) is 18.8. The normalized spacial score (nSPS) is 12.8. The molecule has 0 spiro atoms. The summed E-state index contributed by atoms with van der Waals surface area (Å²) in [7, 11) is 0. The van der Waals surface area contributed by atoms with Crippen LogP contribution in [0.5, 0.6) is 0 Å². The number of hydrogen-bond donors (Lipinski definition) is 0. The number of fused-ring (bicyclic) bond motifs is 10. The Morgan fingerprint density at radius 2 is 0.915 bits per heavy atom. The molecule has 4 heteroatoms. The van der Waals surface area contributed by atoms with Gasteiger partial charge in [-0.3, -0.25) is 0 Å². The molecule has 0 saturated heterocycles. The van der Waals surface area contributed by atoms with E-state index in [1.54, 1.807) is 0 Å². The van der Waals surface area contributed by atoms with Crippen LogP contribution in [-0.2, 0) is 5.41 Å². The van der Waals surface area contributed by atoms with Crippen LogP contribution in [0.1, 0.15) is 25.0 Å². The zero-order valence-electron chi connectivity index (χ0n) is 39.4. The molecule has 0 unspecified atom stereocenters. The van der Waals surface area contributed by atoms with E-state index >= 15 is 0 Å². The average Bonchev–Trinajstić information content (AvgIpc) is 4.03. The molecule has 0 aliphatic heterocycles. The molecule has 14 rings (SSSR count). The maximum absolute atomic E-state index is 6.44. The molecule has 11 aromatic carbocycles. The molecule has 0 bridgehead atoms. The second-order valence-electron chi connectivity index (χ2n) is 19.4. The van der Waals surface area contributed by atoms with Crippen molar-refractivity contribution in [2.24, 2.45) is 0 Å². The predicted octanol–water partition coefficient (Wildman–Crippen LogP) is 18.7. The molecule has 0 atom stereocenters. The van der Waals surface area contributed by atoms with Crippen LogP contribution in [0.4, 0.5) is 34.1 Å². The summed E-state index contributed by atoms with van der Waals surface area (Å²) in [6.45, 7) is 4.72. The smallest absolute Gasteiger partial charge is 0.135 e. The van der Waals surface area contributed by atoms with Crippen molar-refractivity contribution in [3.8, 4) is 27.9 Å². The van der Waals surface area contributed by atoms with Gasteiger partial charge in [-0.2, -0.15) is 0 Å². The van der Waals surface area contributed by atoms with Crippen LogP contribution in [0.25, 0.3) is 82.5 Å². The quantitative estimate of drug-likeness (QED) is 0.152. The number of nitrogens with zero attached hydrogens (tertiary/aromatic N) is 3. The minimum Gasteiger partial charge on any atom is -0.456 e. The highest BCUT2D eigenvalue weighted by atomic mass is 16.3. The van der Waals surface area contributed by atoms with Crippen molar-refractivity contribution in [2.45, 2.75) is 19.3 Å². The molecule has 13 aromatic rings. The molecule has 0 N–H and O–H groups in total. The van der Waals surface area contributed by atoms with Gasteiger partial charge >= 0.3 is 0 Å². The number of rotatable bonds is 8. The molecule has 1 aliphatic rings. The summed E-state index contributed by atoms with van der Waals surface area (Å²) in [6.07, 6.45) is 0. The van der Waals surface area contributed by atoms with E-state index in [1.807, 2.05) is 6.07 Å². The van der Waals surface area contributed by atoms with Gasteiger partial charge in [0.15, 0.2) is 0 Å². The van der Waals surface area contributed by atoms with Crippen LogP contribution in [0.2, 0.25) is 0 Å². The van der Waals surface area contributed by atoms with Crippen molar-refractivity contribution in [1.82, 2.24) is 4.57 Å². The topological polar surface area (TPSA) is 24.6 Å². The van der Waals surface area contributed by atoms with Crippen molar-refractivity contribution in [1.29, 1.82) is 0 Å². The maximum atomic E-state index is 6.44. The van der Waals surface area contributed by atoms with E-state index in [2.05, 4.69) is 271 Å². The van der Waals surface area contributed by atoms with E-state index in [-0.39, 0.29) is 5.41 Å². The molecule has 71 heavy (non-hydrogen) atoms. The molecule has 4 nitrogen and oxygen atoms in total. The molecule has 0 amide bonds. The fourth-order valence-corrected chi connectivity index (χ4v) is 11.5. The molecule has 336 valence electrons. The molecule has 2 aromatic heterocycles. The van der Waals surface area contributed by atoms with E-state index in [0.29, 0.717) is 0 Å². The lowest BCUT2D eigenvalue weighted by Gasteiger charge is -2.31. The van der Waals surface area contributed by atoms with Crippen LogP contribution in [0, 0.1) is 0 Å². The summed E-state index contributed by atoms with van der Waals surface area (Å²) in [5.74, 6) is 0. The number of hydrogen-bond acceptors (Lipinski definition) is 3. The Labute approximate surface area is 412 Å². The van der Waals surface area contributed by atoms with E-state index < -0.39 is 0 Å². The van der Waals surface area contributed by atoms with Crippen LogP contribution < -0.4 is 9.80 Å². The molecular formula is C67H47N3O. The van der Waals surface area contributed by atoms with Gasteiger partial charge in [-0.15, -0.1) is 0 Å². The fourth-order valence-electron chi connectivity index (χ4n) is 11.5. The lowest BCUT2D eigenvalue weighted by atomic mass is 9.82. The highest BCUT2D eigenvalue weighted by Gasteiger charge is 2.36. The Morgan fingerprint density at radius 1 is 0.338 bits per heavy atom. The van der Waals surface area contributed by atoms with Crippen molar-refractivity contribution in [2.75, 3.05) is 9.80 Å². The Bertz CT molecular complexity index is 4170. The van der Waals surface area contributed by atoms with Crippen LogP contribution in [-0.4, -0.2) is 4.57 Å². The standard InChI is InChI=1S/C67H47N3O/c1-67(2)61-28-16-14-26-55(61)56-34-31-52(43-62(56)67)69(51-32-35-66-60(42-51)58-27-15-17-29-65(58)71-66)54-37-47(36-53(41-54)68(48-20-6-3-7-21-48)49-22-8-4-9-23-49)46-30-33-57-59-38-44-18-12-13-19-45(44)39-64(59)70(63(57)40-46)50-24-10-5-11-25-50/h3-43H,1-2H3. The second-order valence-corrected chi connectivity index (χ2v) is 19.4. The summed E-state index contributed by atoms with van der Waals surface area (Å²) < 4.78 is 8.88. The first-order valence-electron chi connectivity index (χ1n) is 24.5. The minimum atomic E-state index is -0.193. The predicted molar refractivity (Wildman–Crippen MR) is 298 cm³/mol. The molecular weight excluding hydrogens is 863 g/mol. The van der Waals surface area contributed by atoms with Crippen LogP contribution in [0.15, 0.2) is 253 Å². The number of para-hydroxylation sites is 4. The maximum Gasteiger partial charge on any atom is 0.135 e. The summed E-state index contributed by atoms with van der Waals surface area (Å²) in [6, 6.07) is 90.7. The Morgan fingerprint density at radius 3 is 1.68 bits per heavy atom. The summed E-state index contributed by atoms with van der Waals surface area (Å²) in [5, 5.41) is 7.08. The van der Waals surface area contributed by atoms with Crippen molar-refractivity contribution < 1.29 is 4.42 Å². The molecule has 1 aliphatic carbocycles. The third-order valence-electron chi connectivity index (χ3n) is 14.9. The first-order valence-corrected chi connectivity index (χ1v) is 24.5. The zero-order chi connectivity index (χ0) is 47.2. The monoisotopic (exact) mass is 909 g/mol. The number of aromatic nitrogens is 1. The first-order chi connectivity index (χ1) is 34.9. The largest absolute Gasteiger partial charge is 0.456 e. The van der Waals surface area contributed by atoms with Gasteiger partial charge in [0.25, 0.3) is 0 Å². The van der Waals surface area contributed by atoms with Gasteiger partial charge in [-0.05, 0) is 153 Å². The second kappa shape index (κ2) is 16.0. The zero-order valence-corrected chi connectivity index (χ0v) is 39.4. The highest BCUT2D eigenvalue weighted by molar-refractivity contribution is 6.14. The van der Waals surface area contributed by atoms with Crippen LogP contribution in [0.3, 0.4) is 0 Å². The van der Waals surface area contributed by atoms with E-state index in [4.69, 9.17) is 4.42 Å². The molecule has 0 saturated carbocycles. The van der Waals surface area contributed by atoms with Gasteiger partial charge in [0.2, 0.25) is 0 Å². The lowest BCUT2D eigenvalue weighted by molar-refractivity contribution is 0.660. The SMILES string of the molecule is CC1(C)c2ccccc2-c2ccc(N(c3cc(-c4ccc5c6cc7ccccc7cc6n(-c6ccccc6)c5c4)cc(N(c4ccccc4)c4ccccc4)c3)c3ccc4oc5ccccc5c4c3)cc21. The molecule has 0 radical (unpaired) electrons. The van der Waals surface area contributed by atoms with Gasteiger partial charge in [-0.25, -0.2) is 0 Å². The van der Waals surface area contributed by atoms with E-state index in [9.17, 15) is 0 Å². The number of benzene rings is 11. The number of anilines is 6. The van der Waals surface area contributed by atoms with E-state index in [1.165, 1.54) is 49.3 Å². The van der Waals surface area contributed by atoms with Crippen molar-refractivity contribution >= 4 is 88.6 Å². The summed E-state index contributed by atoms with van der Waals surface area (Å²) in [4.78, 5) is 4.83. The fraction of sp³-hybridized carbons (Fsp3) is 0.0448. The third kappa shape index (κ3) is 6.60. The van der Waals surface area contributed by atoms with Gasteiger partial charge in [0, 0.05) is 66.8 Å². The van der Waals surface area contributed by atoms with E-state index in [0.717, 1.165) is 78.4 Å². The Hall–Kier alpha value is -9.12. The first kappa shape index (κ1) is 40.9. The lowest BCUT2D eigenvalue weighted by Crippen LogP contribution is -2.17. The summed E-state index contributed by atoms with van der Waals surface area (Å²) >= 11 is 0. The highest BCUT2D eigenvalue weighted by Crippen LogP contribution is 2.52. The third-order valence-corrected chi connectivity index (χ3v) is 14.9. The van der Waals surface area contributed by atoms with Crippen molar-refractivity contribution in [3.05, 3.63) is 260 Å². The van der Waals surface area contributed by atoms with Gasteiger partial charge in [-0.1, -0.05) is 153 Å². The Balaban J connectivity index is 1.05. The molecule has 2 heterocycles. The minimum absolute atomic E-state index is 0.193. The molecule has 0 fully saturated rings. The number of furan rings is 1.